The Bertz CT molecular complexity index is 285. The average molecular weight is 263 g/mol. The number of carbonyl (C=O) groups is 2. The number of hydrogen-bond donors (Lipinski definition) is 3. The van der Waals surface area contributed by atoms with Gasteiger partial charge in [-0.2, -0.15) is 0 Å². The molecule has 0 aliphatic carbocycles. The van der Waals surface area contributed by atoms with Crippen LogP contribution < -0.4 is 11.1 Å². The highest BCUT2D eigenvalue weighted by atomic mass is 32.1. The van der Waals surface area contributed by atoms with Gasteiger partial charge >= 0.3 is 11.8 Å². The molecule has 17 heavy (non-hydrogen) atoms. The summed E-state index contributed by atoms with van der Waals surface area (Å²) in [6.45, 7) is 0.336. The van der Waals surface area contributed by atoms with Gasteiger partial charge in [0.05, 0.1) is 24.7 Å². The molecule has 0 aromatic heterocycles. The maximum Gasteiger partial charge on any atom is 0.312 e. The van der Waals surface area contributed by atoms with Gasteiger partial charge in [-0.25, -0.2) is 0 Å². The molecule has 0 aliphatic rings. The van der Waals surface area contributed by atoms with Gasteiger partial charge in [-0.05, 0) is 0 Å². The molecular weight excluding hydrogens is 246 g/mol. The Morgan fingerprint density at radius 3 is 2.59 bits per heavy atom. The number of ether oxygens (including phenoxy) is 1. The van der Waals surface area contributed by atoms with Crippen LogP contribution in [0.3, 0.4) is 0 Å². The van der Waals surface area contributed by atoms with Gasteiger partial charge in [-0.15, -0.1) is 0 Å². The van der Waals surface area contributed by atoms with Crippen LogP contribution >= 0.6 is 12.2 Å². The van der Waals surface area contributed by atoms with Gasteiger partial charge in [0.2, 0.25) is 0 Å². The molecule has 0 unspecified atom stereocenters. The summed E-state index contributed by atoms with van der Waals surface area (Å²) in [7, 11) is 1.48. The molecule has 0 saturated heterocycles. The molecule has 0 fully saturated rings. The zero-order chi connectivity index (χ0) is 13.3. The maximum absolute atomic E-state index is 11.6. The topological polar surface area (TPSA) is 105 Å². The van der Waals surface area contributed by atoms with E-state index < -0.39 is 11.8 Å². The van der Waals surface area contributed by atoms with Crippen molar-refractivity contribution >= 4 is 29.0 Å². The monoisotopic (exact) mass is 263 g/mol. The normalized spacial score (nSPS) is 9.76. The summed E-state index contributed by atoms with van der Waals surface area (Å²) >= 11 is 4.57. The highest BCUT2D eigenvalue weighted by molar-refractivity contribution is 7.80. The Morgan fingerprint density at radius 1 is 1.47 bits per heavy atom. The van der Waals surface area contributed by atoms with Crippen LogP contribution in [-0.4, -0.2) is 66.8 Å². The number of rotatable bonds is 7. The van der Waals surface area contributed by atoms with Crippen molar-refractivity contribution in [2.75, 3.05) is 40.0 Å². The molecular formula is C9H17N3O4S. The third-order valence-electron chi connectivity index (χ3n) is 1.84. The molecule has 0 heterocycles. The predicted molar refractivity (Wildman–Crippen MR) is 65.3 cm³/mol. The van der Waals surface area contributed by atoms with Crippen molar-refractivity contribution in [3.63, 3.8) is 0 Å². The molecule has 0 atom stereocenters. The smallest absolute Gasteiger partial charge is 0.312 e. The molecule has 0 aromatic carbocycles. The first-order valence-corrected chi connectivity index (χ1v) is 5.39. The Morgan fingerprint density at radius 2 is 2.12 bits per heavy atom. The molecule has 7 nitrogen and oxygen atoms in total. The van der Waals surface area contributed by atoms with E-state index in [-0.39, 0.29) is 37.8 Å². The number of carbonyl (C=O) groups excluding carboxylic acids is 2. The zero-order valence-corrected chi connectivity index (χ0v) is 10.5. The van der Waals surface area contributed by atoms with Gasteiger partial charge in [-0.1, -0.05) is 12.2 Å². The first kappa shape index (κ1) is 15.8. The summed E-state index contributed by atoms with van der Waals surface area (Å²) in [5.74, 6) is -1.55. The highest BCUT2D eigenvalue weighted by Gasteiger charge is 2.20. The van der Waals surface area contributed by atoms with E-state index in [1.807, 2.05) is 0 Å². The number of hydrogen-bond acceptors (Lipinski definition) is 5. The average Bonchev–Trinajstić information content (AvgIpc) is 2.30. The molecule has 98 valence electrons. The fraction of sp³-hybridized carbons (Fsp3) is 0.667. The van der Waals surface area contributed by atoms with Gasteiger partial charge in [0.1, 0.15) is 0 Å². The predicted octanol–water partition coefficient (Wildman–Crippen LogP) is -2.14. The number of nitrogens with zero attached hydrogens (tertiary/aromatic N) is 1. The van der Waals surface area contributed by atoms with Crippen LogP contribution in [0.15, 0.2) is 0 Å². The number of aliphatic hydroxyl groups excluding tert-OH is 1. The van der Waals surface area contributed by atoms with Crippen molar-refractivity contribution < 1.29 is 19.4 Å². The third kappa shape index (κ3) is 6.82. The second kappa shape index (κ2) is 8.85. The van der Waals surface area contributed by atoms with Crippen molar-refractivity contribution in [1.82, 2.24) is 10.2 Å². The van der Waals surface area contributed by atoms with E-state index >= 15 is 0 Å². The van der Waals surface area contributed by atoms with Crippen LogP contribution in [-0.2, 0) is 14.3 Å². The number of aliphatic hydroxyl groups is 1. The molecule has 0 radical (unpaired) electrons. The summed E-state index contributed by atoms with van der Waals surface area (Å²) in [5.41, 5.74) is 5.19. The maximum atomic E-state index is 11.6. The van der Waals surface area contributed by atoms with Gasteiger partial charge in [0.15, 0.2) is 0 Å². The highest BCUT2D eigenvalue weighted by Crippen LogP contribution is 1.90. The van der Waals surface area contributed by atoms with Crippen LogP contribution in [0.25, 0.3) is 0 Å². The summed E-state index contributed by atoms with van der Waals surface area (Å²) < 4.78 is 4.80. The molecule has 0 aliphatic heterocycles. The van der Waals surface area contributed by atoms with Crippen molar-refractivity contribution in [2.45, 2.75) is 0 Å². The summed E-state index contributed by atoms with van der Waals surface area (Å²) in [4.78, 5) is 24.3. The molecule has 2 amide bonds. The van der Waals surface area contributed by atoms with E-state index in [1.165, 1.54) is 12.0 Å². The van der Waals surface area contributed by atoms with Gasteiger partial charge < -0.3 is 25.8 Å². The van der Waals surface area contributed by atoms with Crippen LogP contribution in [0.5, 0.6) is 0 Å². The van der Waals surface area contributed by atoms with E-state index in [2.05, 4.69) is 17.5 Å². The largest absolute Gasteiger partial charge is 0.395 e. The molecule has 0 saturated carbocycles. The molecule has 0 bridgehead atoms. The van der Waals surface area contributed by atoms with Gasteiger partial charge in [0.25, 0.3) is 0 Å². The summed E-state index contributed by atoms with van der Waals surface area (Å²) in [6.07, 6.45) is 0. The third-order valence-corrected chi connectivity index (χ3v) is 1.98. The van der Waals surface area contributed by atoms with E-state index in [4.69, 9.17) is 15.6 Å². The number of methoxy groups -OCH3 is 1. The Kier molecular flexibility index (Phi) is 8.20. The lowest BCUT2D eigenvalue weighted by atomic mass is 10.4. The second-order valence-electron chi connectivity index (χ2n) is 3.16. The van der Waals surface area contributed by atoms with Crippen molar-refractivity contribution in [3.8, 4) is 0 Å². The van der Waals surface area contributed by atoms with E-state index in [1.54, 1.807) is 0 Å². The number of amides is 2. The second-order valence-corrected chi connectivity index (χ2v) is 3.68. The summed E-state index contributed by atoms with van der Waals surface area (Å²) in [6, 6.07) is 0. The Balaban J connectivity index is 4.27. The van der Waals surface area contributed by atoms with Crippen LogP contribution in [0.1, 0.15) is 0 Å². The van der Waals surface area contributed by atoms with E-state index in [0.717, 1.165) is 0 Å². The van der Waals surface area contributed by atoms with Crippen LogP contribution in [0, 0.1) is 0 Å². The standard InChI is InChI=1S/C9H17N3O4S/c1-16-5-3-12(2-4-13)9(15)8(14)11-6-7(10)17/h13H,2-6H2,1H3,(H2,10,17)(H,11,14). The first-order chi connectivity index (χ1) is 8.02. The lowest BCUT2D eigenvalue weighted by molar-refractivity contribution is -0.146. The van der Waals surface area contributed by atoms with Gasteiger partial charge in [0, 0.05) is 20.2 Å². The fourth-order valence-corrected chi connectivity index (χ4v) is 1.10. The fourth-order valence-electron chi connectivity index (χ4n) is 1.02. The molecule has 0 spiro atoms. The van der Waals surface area contributed by atoms with E-state index in [0.29, 0.717) is 0 Å². The first-order valence-electron chi connectivity index (χ1n) is 4.98. The zero-order valence-electron chi connectivity index (χ0n) is 9.64. The number of thiocarbonyl (C=S) groups is 1. The number of nitrogens with one attached hydrogen (secondary N) is 1. The van der Waals surface area contributed by atoms with Crippen molar-refractivity contribution in [3.05, 3.63) is 0 Å². The molecule has 0 rings (SSSR count). The summed E-state index contributed by atoms with van der Waals surface area (Å²) in [5, 5.41) is 11.1. The minimum absolute atomic E-state index is 0.0306. The molecule has 8 heteroatoms. The lowest BCUT2D eigenvalue weighted by Crippen LogP contribution is -2.47. The van der Waals surface area contributed by atoms with Crippen LogP contribution in [0.2, 0.25) is 0 Å². The SMILES string of the molecule is COCCN(CCO)C(=O)C(=O)NCC(N)=S. The van der Waals surface area contributed by atoms with Crippen molar-refractivity contribution in [2.24, 2.45) is 5.73 Å². The minimum atomic E-state index is -0.803. The molecule has 0 aromatic rings. The Hall–Kier alpha value is -1.25. The van der Waals surface area contributed by atoms with Crippen LogP contribution in [0.4, 0.5) is 0 Å². The number of nitrogens with two attached hydrogens (primary N) is 1. The quantitative estimate of drug-likeness (QED) is 0.357. The van der Waals surface area contributed by atoms with Gasteiger partial charge in [-0.3, -0.25) is 9.59 Å². The van der Waals surface area contributed by atoms with E-state index in [9.17, 15) is 9.59 Å². The molecule has 4 N–H and O–H groups in total. The lowest BCUT2D eigenvalue weighted by Gasteiger charge is -2.20. The van der Waals surface area contributed by atoms with Crippen molar-refractivity contribution in [1.29, 1.82) is 0 Å². The Labute approximate surface area is 105 Å². The minimum Gasteiger partial charge on any atom is -0.395 e.